The van der Waals surface area contributed by atoms with Gasteiger partial charge in [-0.2, -0.15) is 0 Å². The minimum atomic E-state index is -0.576. The highest BCUT2D eigenvalue weighted by molar-refractivity contribution is 5.96. The van der Waals surface area contributed by atoms with Crippen LogP contribution in [0.5, 0.6) is 0 Å². The van der Waals surface area contributed by atoms with Crippen molar-refractivity contribution in [2.75, 3.05) is 18.4 Å². The highest BCUT2D eigenvalue weighted by Gasteiger charge is 2.30. The zero-order chi connectivity index (χ0) is 17.8. The summed E-state index contributed by atoms with van der Waals surface area (Å²) in [7, 11) is 0. The largest absolute Gasteiger partial charge is 0.364 e. The summed E-state index contributed by atoms with van der Waals surface area (Å²) in [6.07, 6.45) is 7.49. The molecule has 0 radical (unpaired) electrons. The Hall–Kier alpha value is -2.51. The number of hydrogen-bond acceptors (Lipinski definition) is 3. The van der Waals surface area contributed by atoms with Crippen molar-refractivity contribution in [3.05, 3.63) is 18.0 Å². The number of amides is 4. The molecule has 1 atom stereocenters. The normalized spacial score (nSPS) is 21.1. The van der Waals surface area contributed by atoms with E-state index in [1.807, 2.05) is 0 Å². The van der Waals surface area contributed by atoms with E-state index in [4.69, 9.17) is 5.73 Å². The molecule has 1 aromatic heterocycles. The van der Waals surface area contributed by atoms with Gasteiger partial charge in [0.15, 0.2) is 0 Å². The fourth-order valence-electron chi connectivity index (χ4n) is 3.56. The quantitative estimate of drug-likeness (QED) is 0.659. The molecule has 136 valence electrons. The SMILES string of the molecule is NC(=O)c1cc(NC(=O)[C@H]2CCCN(C(=O)NC3CCCC3)C2)c[nH]1. The number of anilines is 1. The van der Waals surface area contributed by atoms with Gasteiger partial charge in [0, 0.05) is 25.3 Å². The zero-order valence-electron chi connectivity index (χ0n) is 14.2. The average molecular weight is 347 g/mol. The molecule has 0 unspecified atom stereocenters. The molecule has 1 aliphatic carbocycles. The first-order chi connectivity index (χ1) is 12.0. The molecular weight excluding hydrogens is 322 g/mol. The van der Waals surface area contributed by atoms with Crippen molar-refractivity contribution in [3.8, 4) is 0 Å². The van der Waals surface area contributed by atoms with Gasteiger partial charge in [-0.25, -0.2) is 4.79 Å². The van der Waals surface area contributed by atoms with Crippen LogP contribution in [0.1, 0.15) is 49.0 Å². The van der Waals surface area contributed by atoms with Crippen LogP contribution in [-0.2, 0) is 4.79 Å². The lowest BCUT2D eigenvalue weighted by Gasteiger charge is -2.32. The molecule has 1 saturated carbocycles. The third-order valence-electron chi connectivity index (χ3n) is 4.98. The van der Waals surface area contributed by atoms with Gasteiger partial charge in [0.25, 0.3) is 5.91 Å². The molecule has 8 nitrogen and oxygen atoms in total. The number of carbonyl (C=O) groups excluding carboxylic acids is 3. The Morgan fingerprint density at radius 1 is 1.16 bits per heavy atom. The van der Waals surface area contributed by atoms with Crippen molar-refractivity contribution in [1.82, 2.24) is 15.2 Å². The number of primary amides is 1. The standard InChI is InChI=1S/C17H25N5O3/c18-15(23)14-8-13(9-19-14)20-16(24)11-4-3-7-22(10-11)17(25)21-12-5-1-2-6-12/h8-9,11-12,19H,1-7,10H2,(H2,18,23)(H,20,24)(H,21,25)/t11-/m0/s1. The van der Waals surface area contributed by atoms with E-state index < -0.39 is 5.91 Å². The average Bonchev–Trinajstić information content (AvgIpc) is 3.27. The Morgan fingerprint density at radius 2 is 1.92 bits per heavy atom. The molecule has 1 aliphatic heterocycles. The Labute approximate surface area is 146 Å². The lowest BCUT2D eigenvalue weighted by atomic mass is 9.97. The molecule has 2 heterocycles. The second kappa shape index (κ2) is 7.58. The molecule has 2 aliphatic rings. The van der Waals surface area contributed by atoms with Crippen LogP contribution in [0.2, 0.25) is 0 Å². The van der Waals surface area contributed by atoms with E-state index in [-0.39, 0.29) is 29.6 Å². The van der Waals surface area contributed by atoms with E-state index in [9.17, 15) is 14.4 Å². The lowest BCUT2D eigenvalue weighted by Crippen LogP contribution is -2.49. The number of urea groups is 1. The number of nitrogens with zero attached hydrogens (tertiary/aromatic N) is 1. The summed E-state index contributed by atoms with van der Waals surface area (Å²) in [6.45, 7) is 1.09. The van der Waals surface area contributed by atoms with Crippen molar-refractivity contribution in [1.29, 1.82) is 0 Å². The smallest absolute Gasteiger partial charge is 0.317 e. The maximum absolute atomic E-state index is 12.5. The summed E-state index contributed by atoms with van der Waals surface area (Å²) in [5.74, 6) is -0.976. The molecule has 5 N–H and O–H groups in total. The Morgan fingerprint density at radius 3 is 2.60 bits per heavy atom. The predicted molar refractivity (Wildman–Crippen MR) is 93.0 cm³/mol. The van der Waals surface area contributed by atoms with Crippen molar-refractivity contribution >= 4 is 23.5 Å². The van der Waals surface area contributed by atoms with Crippen LogP contribution in [0.15, 0.2) is 12.3 Å². The summed E-state index contributed by atoms with van der Waals surface area (Å²) < 4.78 is 0. The Kier molecular flexibility index (Phi) is 5.25. The van der Waals surface area contributed by atoms with Crippen molar-refractivity contribution < 1.29 is 14.4 Å². The maximum Gasteiger partial charge on any atom is 0.317 e. The van der Waals surface area contributed by atoms with Gasteiger partial charge in [-0.3, -0.25) is 9.59 Å². The minimum Gasteiger partial charge on any atom is -0.364 e. The Bertz CT molecular complexity index is 650. The van der Waals surface area contributed by atoms with Gasteiger partial charge in [-0.15, -0.1) is 0 Å². The first-order valence-electron chi connectivity index (χ1n) is 8.87. The van der Waals surface area contributed by atoms with E-state index in [2.05, 4.69) is 15.6 Å². The molecule has 0 bridgehead atoms. The molecule has 3 rings (SSSR count). The van der Waals surface area contributed by atoms with Crippen LogP contribution in [-0.4, -0.2) is 46.9 Å². The number of carbonyl (C=O) groups is 3. The number of piperidine rings is 1. The second-order valence-electron chi connectivity index (χ2n) is 6.87. The van der Waals surface area contributed by atoms with Crippen LogP contribution in [0.4, 0.5) is 10.5 Å². The predicted octanol–water partition coefficient (Wildman–Crippen LogP) is 1.42. The number of aromatic amines is 1. The molecule has 0 spiro atoms. The van der Waals surface area contributed by atoms with Crippen LogP contribution < -0.4 is 16.4 Å². The summed E-state index contributed by atoms with van der Waals surface area (Å²) in [6, 6.07) is 1.71. The fraction of sp³-hybridized carbons (Fsp3) is 0.588. The topological polar surface area (TPSA) is 120 Å². The zero-order valence-corrected chi connectivity index (χ0v) is 14.2. The van der Waals surface area contributed by atoms with E-state index in [0.29, 0.717) is 18.8 Å². The Balaban J connectivity index is 1.53. The number of rotatable bonds is 4. The van der Waals surface area contributed by atoms with Crippen LogP contribution >= 0.6 is 0 Å². The highest BCUT2D eigenvalue weighted by atomic mass is 16.2. The lowest BCUT2D eigenvalue weighted by molar-refractivity contribution is -0.121. The summed E-state index contributed by atoms with van der Waals surface area (Å²) in [5, 5.41) is 5.86. The molecule has 1 saturated heterocycles. The van der Waals surface area contributed by atoms with E-state index >= 15 is 0 Å². The van der Waals surface area contributed by atoms with Crippen molar-refractivity contribution in [2.45, 2.75) is 44.6 Å². The summed E-state index contributed by atoms with van der Waals surface area (Å²) >= 11 is 0. The summed E-state index contributed by atoms with van der Waals surface area (Å²) in [5.41, 5.74) is 5.94. The number of nitrogens with two attached hydrogens (primary N) is 1. The van der Waals surface area contributed by atoms with Gasteiger partial charge < -0.3 is 26.3 Å². The number of nitrogens with one attached hydrogen (secondary N) is 3. The van der Waals surface area contributed by atoms with Gasteiger partial charge in [0.2, 0.25) is 5.91 Å². The fourth-order valence-corrected chi connectivity index (χ4v) is 3.56. The van der Waals surface area contributed by atoms with Crippen LogP contribution in [0.25, 0.3) is 0 Å². The molecule has 1 aromatic rings. The highest BCUT2D eigenvalue weighted by Crippen LogP contribution is 2.21. The third-order valence-corrected chi connectivity index (χ3v) is 4.98. The van der Waals surface area contributed by atoms with Gasteiger partial charge >= 0.3 is 6.03 Å². The van der Waals surface area contributed by atoms with Gasteiger partial charge in [-0.1, -0.05) is 12.8 Å². The van der Waals surface area contributed by atoms with Crippen LogP contribution in [0, 0.1) is 5.92 Å². The number of hydrogen-bond donors (Lipinski definition) is 4. The van der Waals surface area contributed by atoms with E-state index in [1.165, 1.54) is 25.1 Å². The summed E-state index contributed by atoms with van der Waals surface area (Å²) in [4.78, 5) is 40.4. The third kappa shape index (κ3) is 4.32. The monoisotopic (exact) mass is 347 g/mol. The molecule has 0 aromatic carbocycles. The number of H-pyrrole nitrogens is 1. The second-order valence-corrected chi connectivity index (χ2v) is 6.87. The molecular formula is C17H25N5O3. The van der Waals surface area contributed by atoms with Gasteiger partial charge in [-0.05, 0) is 31.7 Å². The maximum atomic E-state index is 12.5. The van der Waals surface area contributed by atoms with Gasteiger partial charge in [0.05, 0.1) is 11.6 Å². The molecule has 4 amide bonds. The molecule has 8 heteroatoms. The first-order valence-corrected chi connectivity index (χ1v) is 8.87. The number of likely N-dealkylation sites (tertiary alicyclic amines) is 1. The van der Waals surface area contributed by atoms with E-state index in [0.717, 1.165) is 25.7 Å². The molecule has 2 fully saturated rings. The number of aromatic nitrogens is 1. The van der Waals surface area contributed by atoms with Gasteiger partial charge in [0.1, 0.15) is 5.69 Å². The van der Waals surface area contributed by atoms with E-state index in [1.54, 1.807) is 4.90 Å². The van der Waals surface area contributed by atoms with Crippen molar-refractivity contribution in [2.24, 2.45) is 11.7 Å². The van der Waals surface area contributed by atoms with Crippen LogP contribution in [0.3, 0.4) is 0 Å². The minimum absolute atomic E-state index is 0.0675. The van der Waals surface area contributed by atoms with Crippen molar-refractivity contribution in [3.63, 3.8) is 0 Å². The first kappa shape index (κ1) is 17.3. The molecule has 25 heavy (non-hydrogen) atoms.